The van der Waals surface area contributed by atoms with Crippen LogP contribution in [-0.4, -0.2) is 44.9 Å². The zero-order valence-electron chi connectivity index (χ0n) is 16.9. The van der Waals surface area contributed by atoms with Crippen LogP contribution in [0.3, 0.4) is 0 Å². The van der Waals surface area contributed by atoms with E-state index in [0.29, 0.717) is 26.0 Å². The first-order valence-corrected chi connectivity index (χ1v) is 11.4. The highest BCUT2D eigenvalue weighted by Crippen LogP contribution is 2.33. The summed E-state index contributed by atoms with van der Waals surface area (Å²) in [6, 6.07) is 7.43. The van der Waals surface area contributed by atoms with Crippen molar-refractivity contribution in [1.29, 1.82) is 0 Å². The van der Waals surface area contributed by atoms with Gasteiger partial charge in [-0.3, -0.25) is 14.5 Å². The summed E-state index contributed by atoms with van der Waals surface area (Å²) in [5.41, 5.74) is 0.848. The summed E-state index contributed by atoms with van der Waals surface area (Å²) in [4.78, 5) is 27.0. The number of benzene rings is 1. The van der Waals surface area contributed by atoms with Crippen LogP contribution in [0.2, 0.25) is 0 Å². The number of aromatic nitrogens is 2. The molecule has 0 spiro atoms. The van der Waals surface area contributed by atoms with E-state index in [1.807, 2.05) is 24.3 Å². The largest absolute Gasteiger partial charge is 0.497 e. The van der Waals surface area contributed by atoms with E-state index >= 15 is 0 Å². The molecule has 7 nitrogen and oxygen atoms in total. The van der Waals surface area contributed by atoms with Crippen LogP contribution in [0.15, 0.2) is 29.2 Å². The third-order valence-corrected chi connectivity index (χ3v) is 6.36. The van der Waals surface area contributed by atoms with Crippen LogP contribution in [0.1, 0.15) is 30.8 Å². The van der Waals surface area contributed by atoms with E-state index in [4.69, 9.17) is 17.0 Å². The molecular formula is C20H22N4O3S3. The number of nitrogens with one attached hydrogen (secondary N) is 1. The second-order valence-corrected chi connectivity index (χ2v) is 9.74. The van der Waals surface area contributed by atoms with Crippen LogP contribution in [0.4, 0.5) is 5.13 Å². The molecule has 1 aliphatic heterocycles. The van der Waals surface area contributed by atoms with Gasteiger partial charge in [0.15, 0.2) is 0 Å². The molecule has 2 amide bonds. The van der Waals surface area contributed by atoms with E-state index < -0.39 is 0 Å². The number of carbonyl (C=O) groups is 2. The fourth-order valence-corrected chi connectivity index (χ4v) is 4.98. The molecule has 0 radical (unpaired) electrons. The number of nitrogens with zero attached hydrogens (tertiary/aromatic N) is 3. The van der Waals surface area contributed by atoms with Crippen molar-refractivity contribution >= 4 is 62.7 Å². The Hall–Kier alpha value is -2.30. The number of thioether (sulfide) groups is 1. The van der Waals surface area contributed by atoms with E-state index in [9.17, 15) is 9.59 Å². The number of thiocarbonyl (C=S) groups is 1. The lowest BCUT2D eigenvalue weighted by atomic mass is 10.1. The Morgan fingerprint density at radius 2 is 2.17 bits per heavy atom. The van der Waals surface area contributed by atoms with Crippen molar-refractivity contribution < 1.29 is 14.3 Å². The molecule has 3 rings (SSSR count). The maximum absolute atomic E-state index is 12.7. The number of amides is 2. The Morgan fingerprint density at radius 1 is 1.37 bits per heavy atom. The van der Waals surface area contributed by atoms with Crippen molar-refractivity contribution in [3.05, 3.63) is 39.7 Å². The fraction of sp³-hybridized carbons (Fsp3) is 0.350. The van der Waals surface area contributed by atoms with Crippen LogP contribution < -0.4 is 10.1 Å². The van der Waals surface area contributed by atoms with E-state index in [1.54, 1.807) is 13.2 Å². The predicted molar refractivity (Wildman–Crippen MR) is 125 cm³/mol. The first-order chi connectivity index (χ1) is 14.4. The van der Waals surface area contributed by atoms with Gasteiger partial charge in [-0.05, 0) is 29.7 Å². The summed E-state index contributed by atoms with van der Waals surface area (Å²) in [5.74, 6) is 0.758. The monoisotopic (exact) mass is 462 g/mol. The van der Waals surface area contributed by atoms with Crippen LogP contribution in [0.5, 0.6) is 5.75 Å². The van der Waals surface area contributed by atoms with E-state index in [-0.39, 0.29) is 24.8 Å². The quantitative estimate of drug-likeness (QED) is 0.469. The van der Waals surface area contributed by atoms with Gasteiger partial charge in [-0.2, -0.15) is 0 Å². The SMILES string of the molecule is COc1cccc(/C=C2\SC(=S)N(CCC(=O)Nc3nnc(CC(C)C)s3)C2=O)c1. The lowest BCUT2D eigenvalue weighted by Crippen LogP contribution is -2.31. The van der Waals surface area contributed by atoms with Crippen LogP contribution in [0.25, 0.3) is 6.08 Å². The van der Waals surface area contributed by atoms with Gasteiger partial charge in [-0.15, -0.1) is 10.2 Å². The van der Waals surface area contributed by atoms with Gasteiger partial charge in [0.1, 0.15) is 15.1 Å². The Bertz CT molecular complexity index is 987. The minimum Gasteiger partial charge on any atom is -0.497 e. The molecule has 10 heteroatoms. The zero-order valence-corrected chi connectivity index (χ0v) is 19.3. The molecule has 0 atom stereocenters. The van der Waals surface area contributed by atoms with Crippen molar-refractivity contribution in [2.45, 2.75) is 26.7 Å². The number of hydrogen-bond acceptors (Lipinski definition) is 8. The molecule has 2 aromatic rings. The highest BCUT2D eigenvalue weighted by Gasteiger charge is 2.32. The number of carbonyl (C=O) groups excluding carboxylic acids is 2. The molecule has 1 N–H and O–H groups in total. The van der Waals surface area contributed by atoms with Crippen molar-refractivity contribution in [2.24, 2.45) is 5.92 Å². The summed E-state index contributed by atoms with van der Waals surface area (Å²) in [5, 5.41) is 12.2. The summed E-state index contributed by atoms with van der Waals surface area (Å²) in [7, 11) is 1.59. The average molecular weight is 463 g/mol. The van der Waals surface area contributed by atoms with E-state index in [2.05, 4.69) is 29.4 Å². The molecule has 30 heavy (non-hydrogen) atoms. The summed E-state index contributed by atoms with van der Waals surface area (Å²) >= 11 is 7.94. The van der Waals surface area contributed by atoms with Gasteiger partial charge in [0.05, 0.1) is 12.0 Å². The molecule has 1 aromatic carbocycles. The number of rotatable bonds is 8. The smallest absolute Gasteiger partial charge is 0.266 e. The third kappa shape index (κ3) is 5.87. The molecule has 1 saturated heterocycles. The third-order valence-electron chi connectivity index (χ3n) is 4.12. The molecule has 1 aliphatic rings. The van der Waals surface area contributed by atoms with E-state index in [1.165, 1.54) is 28.0 Å². The predicted octanol–water partition coefficient (Wildman–Crippen LogP) is 3.98. The average Bonchev–Trinajstić information content (AvgIpc) is 3.23. The van der Waals surface area contributed by atoms with Crippen LogP contribution >= 0.6 is 35.3 Å². The summed E-state index contributed by atoms with van der Waals surface area (Å²) in [6.07, 6.45) is 2.72. The summed E-state index contributed by atoms with van der Waals surface area (Å²) < 4.78 is 5.65. The molecule has 1 fully saturated rings. The molecule has 158 valence electrons. The Balaban J connectivity index is 1.57. The molecule has 1 aromatic heterocycles. The highest BCUT2D eigenvalue weighted by atomic mass is 32.2. The van der Waals surface area contributed by atoms with Gasteiger partial charge >= 0.3 is 0 Å². The van der Waals surface area contributed by atoms with Crippen molar-refractivity contribution in [3.8, 4) is 5.75 Å². The first-order valence-electron chi connectivity index (χ1n) is 9.37. The van der Waals surface area contributed by atoms with Gasteiger partial charge in [-0.25, -0.2) is 0 Å². The minimum atomic E-state index is -0.229. The van der Waals surface area contributed by atoms with Crippen molar-refractivity contribution in [2.75, 3.05) is 19.0 Å². The first kappa shape index (κ1) is 22.4. The molecule has 0 aliphatic carbocycles. The van der Waals surface area contributed by atoms with Gasteiger partial charge in [0.2, 0.25) is 11.0 Å². The minimum absolute atomic E-state index is 0.123. The maximum Gasteiger partial charge on any atom is 0.266 e. The molecular weight excluding hydrogens is 440 g/mol. The second kappa shape index (κ2) is 10.1. The normalized spacial score (nSPS) is 15.3. The lowest BCUT2D eigenvalue weighted by Gasteiger charge is -2.13. The molecule has 0 unspecified atom stereocenters. The summed E-state index contributed by atoms with van der Waals surface area (Å²) in [6.45, 7) is 4.42. The maximum atomic E-state index is 12.7. The van der Waals surface area contributed by atoms with Gasteiger partial charge in [-0.1, -0.05) is 61.3 Å². The van der Waals surface area contributed by atoms with Gasteiger partial charge in [0.25, 0.3) is 5.91 Å². The standard InChI is InChI=1S/C20H22N4O3S3/c1-12(2)9-17-22-23-19(30-17)21-16(25)7-8-24-18(26)15(29-20(24)28)11-13-5-4-6-14(10-13)27-3/h4-6,10-12H,7-9H2,1-3H3,(H,21,23,25)/b15-11-. The number of hydrogen-bond donors (Lipinski definition) is 1. The molecule has 2 heterocycles. The fourth-order valence-electron chi connectivity index (χ4n) is 2.71. The topological polar surface area (TPSA) is 84.4 Å². The van der Waals surface area contributed by atoms with E-state index in [0.717, 1.165) is 17.0 Å². The zero-order chi connectivity index (χ0) is 21.7. The number of ether oxygens (including phenoxy) is 1. The number of methoxy groups -OCH3 is 1. The van der Waals surface area contributed by atoms with Gasteiger partial charge < -0.3 is 10.1 Å². The van der Waals surface area contributed by atoms with Gasteiger partial charge in [0, 0.05) is 19.4 Å². The van der Waals surface area contributed by atoms with Crippen molar-refractivity contribution in [1.82, 2.24) is 15.1 Å². The Labute approximate surface area is 188 Å². The molecule has 0 bridgehead atoms. The van der Waals surface area contributed by atoms with Crippen LogP contribution in [0, 0.1) is 5.92 Å². The number of anilines is 1. The van der Waals surface area contributed by atoms with Crippen molar-refractivity contribution in [3.63, 3.8) is 0 Å². The second-order valence-electron chi connectivity index (χ2n) is 7.01. The molecule has 0 saturated carbocycles. The van der Waals surface area contributed by atoms with Crippen LogP contribution in [-0.2, 0) is 16.0 Å². The Morgan fingerprint density at radius 3 is 2.90 bits per heavy atom. The Kier molecular flexibility index (Phi) is 7.57. The highest BCUT2D eigenvalue weighted by molar-refractivity contribution is 8.26. The lowest BCUT2D eigenvalue weighted by molar-refractivity contribution is -0.122.